The lowest BCUT2D eigenvalue weighted by Crippen LogP contribution is -2.28. The molecule has 4 aromatic rings. The van der Waals surface area contributed by atoms with Gasteiger partial charge >= 0.3 is 0 Å². The zero-order chi connectivity index (χ0) is 27.4. The van der Waals surface area contributed by atoms with Crippen molar-refractivity contribution in [2.45, 2.75) is 46.1 Å². The number of amides is 1. The molecule has 1 unspecified atom stereocenters. The number of ether oxygens (including phenoxy) is 1. The molecule has 2 aromatic carbocycles. The number of para-hydroxylation sites is 2. The van der Waals surface area contributed by atoms with Crippen molar-refractivity contribution in [3.05, 3.63) is 81.7 Å². The number of aromatic nitrogens is 2. The number of phenols is 1. The van der Waals surface area contributed by atoms with Gasteiger partial charge < -0.3 is 29.3 Å². The first-order chi connectivity index (χ1) is 18.2. The number of benzene rings is 2. The van der Waals surface area contributed by atoms with E-state index in [1.54, 1.807) is 19.1 Å². The van der Waals surface area contributed by atoms with Crippen LogP contribution < -0.4 is 15.5 Å². The van der Waals surface area contributed by atoms with Gasteiger partial charge in [-0.3, -0.25) is 9.59 Å². The fraction of sp³-hybridized carbons (Fsp3) is 0.345. The molecule has 0 spiro atoms. The van der Waals surface area contributed by atoms with Gasteiger partial charge in [-0.2, -0.15) is 0 Å². The third-order valence-corrected chi connectivity index (χ3v) is 6.34. The molecule has 0 bridgehead atoms. The van der Waals surface area contributed by atoms with E-state index in [2.05, 4.69) is 23.7 Å². The first-order valence-electron chi connectivity index (χ1n) is 12.6. The van der Waals surface area contributed by atoms with Crippen LogP contribution in [0.3, 0.4) is 0 Å². The van der Waals surface area contributed by atoms with E-state index in [1.807, 2.05) is 24.3 Å². The van der Waals surface area contributed by atoms with Gasteiger partial charge in [-0.1, -0.05) is 32.0 Å². The molecule has 2 heterocycles. The molecule has 3 N–H and O–H groups in total. The maximum absolute atomic E-state index is 13.1. The van der Waals surface area contributed by atoms with E-state index in [9.17, 15) is 19.8 Å². The van der Waals surface area contributed by atoms with E-state index in [4.69, 9.17) is 14.1 Å². The largest absolute Gasteiger partial charge is 0.504 e. The van der Waals surface area contributed by atoms with Gasteiger partial charge in [0.25, 0.3) is 0 Å². The summed E-state index contributed by atoms with van der Waals surface area (Å²) in [6.07, 6.45) is 0.436. The number of fused-ring (bicyclic) bond motifs is 1. The summed E-state index contributed by atoms with van der Waals surface area (Å²) in [7, 11) is 1.41. The third kappa shape index (κ3) is 5.82. The van der Waals surface area contributed by atoms with Gasteiger partial charge in [0, 0.05) is 32.0 Å². The number of imidazole rings is 1. The van der Waals surface area contributed by atoms with E-state index in [0.717, 1.165) is 23.4 Å². The Kier molecular flexibility index (Phi) is 8.05. The maximum Gasteiger partial charge on any atom is 0.227 e. The molecule has 0 fully saturated rings. The molecule has 0 aliphatic rings. The lowest BCUT2D eigenvalue weighted by Gasteiger charge is -2.19. The van der Waals surface area contributed by atoms with E-state index in [0.29, 0.717) is 30.2 Å². The molecule has 9 heteroatoms. The fourth-order valence-electron chi connectivity index (χ4n) is 4.59. The minimum Gasteiger partial charge on any atom is -0.504 e. The Morgan fingerprint density at radius 3 is 2.66 bits per heavy atom. The number of aromatic hydroxyl groups is 2. The zero-order valence-corrected chi connectivity index (χ0v) is 22.0. The SMILES string of the molecule is COc1cc(C(CC(=O)NCCc2nc3ccccc3n2CC(C)C)c2oc(C)cc(=O)c2O)ccc1O. The number of aryl methyl sites for hydroxylation is 1. The quantitative estimate of drug-likeness (QED) is 0.286. The predicted octanol–water partition coefficient (Wildman–Crippen LogP) is 4.25. The second-order valence-electron chi connectivity index (χ2n) is 9.74. The normalized spacial score (nSPS) is 12.1. The monoisotopic (exact) mass is 519 g/mol. The number of nitrogens with one attached hydrogen (secondary N) is 1. The van der Waals surface area contributed by atoms with E-state index in [1.165, 1.54) is 19.2 Å². The lowest BCUT2D eigenvalue weighted by molar-refractivity contribution is -0.121. The summed E-state index contributed by atoms with van der Waals surface area (Å²) < 4.78 is 13.1. The van der Waals surface area contributed by atoms with Crippen molar-refractivity contribution < 1.29 is 24.2 Å². The van der Waals surface area contributed by atoms with E-state index in [-0.39, 0.29) is 29.6 Å². The van der Waals surface area contributed by atoms with Gasteiger partial charge in [0.15, 0.2) is 17.3 Å². The minimum absolute atomic E-state index is 0.0170. The average molecular weight is 520 g/mol. The van der Waals surface area contributed by atoms with Crippen LogP contribution in [0.4, 0.5) is 0 Å². The first kappa shape index (κ1) is 26.8. The molecule has 4 rings (SSSR count). The lowest BCUT2D eigenvalue weighted by atomic mass is 9.91. The van der Waals surface area contributed by atoms with Crippen molar-refractivity contribution in [2.24, 2.45) is 5.92 Å². The minimum atomic E-state index is -0.789. The van der Waals surface area contributed by atoms with Crippen LogP contribution in [0.5, 0.6) is 17.2 Å². The molecule has 1 amide bonds. The Labute approximate surface area is 220 Å². The van der Waals surface area contributed by atoms with Crippen LogP contribution >= 0.6 is 0 Å². The Morgan fingerprint density at radius 1 is 1.16 bits per heavy atom. The van der Waals surface area contributed by atoms with Crippen molar-refractivity contribution in [3.8, 4) is 17.2 Å². The second kappa shape index (κ2) is 11.4. The van der Waals surface area contributed by atoms with Gasteiger partial charge in [0.05, 0.1) is 24.1 Å². The highest BCUT2D eigenvalue weighted by Crippen LogP contribution is 2.37. The first-order valence-corrected chi connectivity index (χ1v) is 12.6. The van der Waals surface area contributed by atoms with Gasteiger partial charge in [0.2, 0.25) is 17.1 Å². The van der Waals surface area contributed by atoms with Crippen LogP contribution in [0.1, 0.15) is 49.1 Å². The highest BCUT2D eigenvalue weighted by Gasteiger charge is 2.27. The summed E-state index contributed by atoms with van der Waals surface area (Å²) >= 11 is 0. The van der Waals surface area contributed by atoms with Crippen molar-refractivity contribution >= 4 is 16.9 Å². The number of hydrogen-bond donors (Lipinski definition) is 3. The molecule has 200 valence electrons. The molecule has 0 aliphatic heterocycles. The standard InChI is InChI=1S/C29H33N3O6/c1-17(2)16-32-22-8-6-5-7-21(22)31-26(32)11-12-30-27(35)15-20(19-9-10-23(33)25(14-19)37-4)29-28(36)24(34)13-18(3)38-29/h5-10,13-14,17,20,33,36H,11-12,15-16H2,1-4H3,(H,30,35). The highest BCUT2D eigenvalue weighted by atomic mass is 16.5. The average Bonchev–Trinajstić information content (AvgIpc) is 3.22. The summed E-state index contributed by atoms with van der Waals surface area (Å²) in [4.78, 5) is 30.2. The smallest absolute Gasteiger partial charge is 0.227 e. The Morgan fingerprint density at radius 2 is 1.92 bits per heavy atom. The molecule has 0 radical (unpaired) electrons. The Balaban J connectivity index is 1.56. The summed E-state index contributed by atoms with van der Waals surface area (Å²) in [5.41, 5.74) is 1.93. The van der Waals surface area contributed by atoms with Crippen molar-refractivity contribution in [1.29, 1.82) is 0 Å². The van der Waals surface area contributed by atoms with Gasteiger partial charge in [-0.05, 0) is 42.7 Å². The second-order valence-corrected chi connectivity index (χ2v) is 9.74. The van der Waals surface area contributed by atoms with Crippen LogP contribution in [-0.4, -0.2) is 39.3 Å². The summed E-state index contributed by atoms with van der Waals surface area (Å²) in [5.74, 6) is 0.107. The van der Waals surface area contributed by atoms with Crippen molar-refractivity contribution in [2.75, 3.05) is 13.7 Å². The van der Waals surface area contributed by atoms with Crippen LogP contribution in [0.25, 0.3) is 11.0 Å². The molecule has 1 atom stereocenters. The number of hydrogen-bond acceptors (Lipinski definition) is 7. The van der Waals surface area contributed by atoms with Gasteiger partial charge in [-0.25, -0.2) is 4.98 Å². The van der Waals surface area contributed by atoms with Gasteiger partial charge in [0.1, 0.15) is 11.6 Å². The number of methoxy groups -OCH3 is 1. The van der Waals surface area contributed by atoms with Crippen LogP contribution in [0.15, 0.2) is 57.7 Å². The summed E-state index contributed by atoms with van der Waals surface area (Å²) in [6, 6.07) is 13.8. The maximum atomic E-state index is 13.1. The number of nitrogens with zero attached hydrogens (tertiary/aromatic N) is 2. The number of rotatable bonds is 10. The van der Waals surface area contributed by atoms with Crippen LogP contribution in [0.2, 0.25) is 0 Å². The van der Waals surface area contributed by atoms with Crippen molar-refractivity contribution in [3.63, 3.8) is 0 Å². The highest BCUT2D eigenvalue weighted by molar-refractivity contribution is 5.78. The molecule has 0 aliphatic carbocycles. The predicted molar refractivity (Wildman–Crippen MR) is 144 cm³/mol. The molecule has 38 heavy (non-hydrogen) atoms. The van der Waals surface area contributed by atoms with Crippen molar-refractivity contribution in [1.82, 2.24) is 14.9 Å². The van der Waals surface area contributed by atoms with Gasteiger partial charge in [-0.15, -0.1) is 0 Å². The van der Waals surface area contributed by atoms with Crippen LogP contribution in [0, 0.1) is 12.8 Å². The molecular formula is C29H33N3O6. The Hall–Kier alpha value is -4.27. The number of carbonyl (C=O) groups is 1. The third-order valence-electron chi connectivity index (χ3n) is 6.34. The number of phenolic OH excluding ortho intramolecular Hbond substituents is 1. The molecule has 0 saturated heterocycles. The summed E-state index contributed by atoms with van der Waals surface area (Å²) in [5, 5.41) is 23.5. The van der Waals surface area contributed by atoms with E-state index < -0.39 is 17.1 Å². The summed E-state index contributed by atoms with van der Waals surface area (Å²) in [6.45, 7) is 7.08. The zero-order valence-electron chi connectivity index (χ0n) is 22.0. The molecular weight excluding hydrogens is 486 g/mol. The Bertz CT molecular complexity index is 1500. The number of carbonyl (C=O) groups excluding carboxylic acids is 1. The molecule has 9 nitrogen and oxygen atoms in total. The fourth-order valence-corrected chi connectivity index (χ4v) is 4.59. The molecule has 2 aromatic heterocycles. The molecule has 0 saturated carbocycles. The topological polar surface area (TPSA) is 127 Å². The van der Waals surface area contributed by atoms with E-state index >= 15 is 0 Å². The van der Waals surface area contributed by atoms with Crippen LogP contribution in [-0.2, 0) is 17.8 Å².